The fourth-order valence-electron chi connectivity index (χ4n) is 3.45. The number of alkyl carbamates (subject to hydrolysis) is 2. The summed E-state index contributed by atoms with van der Waals surface area (Å²) in [5.41, 5.74) is 0.716. The molecule has 9 heteroatoms. The average molecular weight is 489 g/mol. The third-order valence-corrected chi connectivity index (χ3v) is 4.93. The molecule has 1 aromatic heterocycles. The predicted molar refractivity (Wildman–Crippen MR) is 136 cm³/mol. The molecule has 2 rings (SSSR count). The molecular formula is C26H40N4O5. The van der Waals surface area contributed by atoms with E-state index >= 15 is 0 Å². The molecule has 194 valence electrons. The fraction of sp³-hybridized carbons (Fsp3) is 0.577. The van der Waals surface area contributed by atoms with Crippen LogP contribution in [0.4, 0.5) is 9.59 Å². The summed E-state index contributed by atoms with van der Waals surface area (Å²) in [5, 5.41) is 9.36. The Morgan fingerprint density at radius 3 is 2.11 bits per heavy atom. The summed E-state index contributed by atoms with van der Waals surface area (Å²) in [6.07, 6.45) is 3.46. The highest BCUT2D eigenvalue weighted by Gasteiger charge is 2.25. The molecule has 1 atom stereocenters. The number of carbonyl (C=O) groups is 3. The topological polar surface area (TPSA) is 122 Å². The number of fused-ring (bicyclic) bond motifs is 1. The van der Waals surface area contributed by atoms with Gasteiger partial charge in [-0.05, 0) is 72.4 Å². The van der Waals surface area contributed by atoms with Crippen molar-refractivity contribution in [2.75, 3.05) is 13.1 Å². The lowest BCUT2D eigenvalue weighted by atomic mass is 10.0. The van der Waals surface area contributed by atoms with Gasteiger partial charge in [-0.25, -0.2) is 9.59 Å². The van der Waals surface area contributed by atoms with Gasteiger partial charge in [-0.2, -0.15) is 0 Å². The van der Waals surface area contributed by atoms with Crippen LogP contribution in [-0.2, 0) is 20.7 Å². The number of aromatic amines is 1. The number of ether oxygens (including phenoxy) is 2. The van der Waals surface area contributed by atoms with Crippen LogP contribution in [0.25, 0.3) is 10.9 Å². The normalized spacial score (nSPS) is 12.6. The summed E-state index contributed by atoms with van der Waals surface area (Å²) in [5.74, 6) is -0.270. The van der Waals surface area contributed by atoms with E-state index < -0.39 is 29.4 Å². The van der Waals surface area contributed by atoms with Gasteiger partial charge < -0.3 is 30.4 Å². The van der Waals surface area contributed by atoms with Crippen molar-refractivity contribution in [3.05, 3.63) is 36.0 Å². The zero-order valence-corrected chi connectivity index (χ0v) is 21.7. The lowest BCUT2D eigenvalue weighted by Gasteiger charge is -2.23. The molecule has 1 aromatic carbocycles. The van der Waals surface area contributed by atoms with Crippen LogP contribution in [0.2, 0.25) is 0 Å². The van der Waals surface area contributed by atoms with Crippen LogP contribution in [0, 0.1) is 0 Å². The molecule has 0 spiro atoms. The molecule has 0 saturated heterocycles. The number of unbranched alkanes of at least 4 members (excludes halogenated alkanes) is 2. The van der Waals surface area contributed by atoms with Crippen LogP contribution in [0.1, 0.15) is 66.4 Å². The lowest BCUT2D eigenvalue weighted by Crippen LogP contribution is -2.49. The Bertz CT molecular complexity index is 988. The highest BCUT2D eigenvalue weighted by atomic mass is 16.6. The first-order valence-corrected chi connectivity index (χ1v) is 12.1. The number of hydrogen-bond donors (Lipinski definition) is 4. The van der Waals surface area contributed by atoms with Crippen LogP contribution in [0.15, 0.2) is 30.5 Å². The third-order valence-electron chi connectivity index (χ3n) is 4.93. The van der Waals surface area contributed by atoms with Gasteiger partial charge >= 0.3 is 12.2 Å². The Labute approximate surface area is 207 Å². The number of H-pyrrole nitrogens is 1. The van der Waals surface area contributed by atoms with Crippen molar-refractivity contribution < 1.29 is 23.9 Å². The first kappa shape index (κ1) is 28.0. The molecule has 0 saturated carbocycles. The van der Waals surface area contributed by atoms with Gasteiger partial charge in [0.2, 0.25) is 5.91 Å². The summed E-state index contributed by atoms with van der Waals surface area (Å²) in [6.45, 7) is 11.8. The fourth-order valence-corrected chi connectivity index (χ4v) is 3.45. The molecule has 0 fully saturated rings. The predicted octanol–water partition coefficient (Wildman–Crippen LogP) is 4.41. The average Bonchev–Trinajstić information content (AvgIpc) is 3.12. The number of rotatable bonds is 10. The molecule has 0 radical (unpaired) electrons. The van der Waals surface area contributed by atoms with Crippen molar-refractivity contribution >= 4 is 29.0 Å². The molecule has 0 aliphatic carbocycles. The van der Waals surface area contributed by atoms with Gasteiger partial charge in [0.05, 0.1) is 0 Å². The van der Waals surface area contributed by atoms with Crippen molar-refractivity contribution in [3.63, 3.8) is 0 Å². The number of hydrogen-bond acceptors (Lipinski definition) is 5. The molecule has 2 aromatic rings. The summed E-state index contributed by atoms with van der Waals surface area (Å²) >= 11 is 0. The van der Waals surface area contributed by atoms with Gasteiger partial charge in [0.25, 0.3) is 0 Å². The molecule has 9 nitrogen and oxygen atoms in total. The number of para-hydroxylation sites is 1. The largest absolute Gasteiger partial charge is 0.444 e. The minimum Gasteiger partial charge on any atom is -0.444 e. The van der Waals surface area contributed by atoms with E-state index in [0.717, 1.165) is 35.7 Å². The monoisotopic (exact) mass is 488 g/mol. The van der Waals surface area contributed by atoms with Gasteiger partial charge in [0.15, 0.2) is 0 Å². The number of aromatic nitrogens is 1. The number of amides is 3. The Morgan fingerprint density at radius 1 is 0.857 bits per heavy atom. The summed E-state index contributed by atoms with van der Waals surface area (Å²) in [6, 6.07) is 7.04. The summed E-state index contributed by atoms with van der Waals surface area (Å²) in [7, 11) is 0. The first-order chi connectivity index (χ1) is 16.3. The molecule has 0 aliphatic rings. The van der Waals surface area contributed by atoms with Crippen LogP contribution >= 0.6 is 0 Å². The van der Waals surface area contributed by atoms with Crippen LogP contribution in [0.5, 0.6) is 0 Å². The molecule has 3 amide bonds. The lowest BCUT2D eigenvalue weighted by molar-refractivity contribution is -0.123. The van der Waals surface area contributed by atoms with Crippen molar-refractivity contribution in [1.29, 1.82) is 0 Å². The Kier molecular flexibility index (Phi) is 9.98. The van der Waals surface area contributed by atoms with E-state index in [-0.39, 0.29) is 5.91 Å². The Morgan fingerprint density at radius 2 is 1.46 bits per heavy atom. The molecule has 4 N–H and O–H groups in total. The molecule has 1 heterocycles. The van der Waals surface area contributed by atoms with E-state index in [0.29, 0.717) is 19.5 Å². The smallest absolute Gasteiger partial charge is 0.408 e. The van der Waals surface area contributed by atoms with Crippen molar-refractivity contribution in [2.24, 2.45) is 0 Å². The molecular weight excluding hydrogens is 448 g/mol. The van der Waals surface area contributed by atoms with E-state index in [1.54, 1.807) is 20.8 Å². The van der Waals surface area contributed by atoms with Gasteiger partial charge in [-0.1, -0.05) is 18.2 Å². The van der Waals surface area contributed by atoms with Crippen molar-refractivity contribution in [3.8, 4) is 0 Å². The first-order valence-electron chi connectivity index (χ1n) is 12.1. The Hall–Kier alpha value is -3.23. The number of nitrogens with one attached hydrogen (secondary N) is 4. The second-order valence-electron chi connectivity index (χ2n) is 10.5. The minimum absolute atomic E-state index is 0.270. The van der Waals surface area contributed by atoms with Crippen LogP contribution < -0.4 is 16.0 Å². The van der Waals surface area contributed by atoms with Crippen LogP contribution in [-0.4, -0.2) is 53.4 Å². The molecule has 0 bridgehead atoms. The maximum atomic E-state index is 13.0. The zero-order chi connectivity index (χ0) is 26.1. The summed E-state index contributed by atoms with van der Waals surface area (Å²) < 4.78 is 10.6. The van der Waals surface area contributed by atoms with Crippen molar-refractivity contribution in [2.45, 2.75) is 84.5 Å². The quantitative estimate of drug-likeness (QED) is 0.369. The SMILES string of the molecule is CC(C)(C)OC(=O)NCCCCCNC(=O)[C@@H](Cc1c[nH]c2ccccc12)NC(=O)OC(C)(C)C. The molecule has 0 aliphatic heterocycles. The highest BCUT2D eigenvalue weighted by molar-refractivity contribution is 5.88. The maximum absolute atomic E-state index is 13.0. The van der Waals surface area contributed by atoms with Crippen molar-refractivity contribution in [1.82, 2.24) is 20.9 Å². The van der Waals surface area contributed by atoms with E-state index in [1.165, 1.54) is 0 Å². The van der Waals surface area contributed by atoms with E-state index in [9.17, 15) is 14.4 Å². The maximum Gasteiger partial charge on any atom is 0.408 e. The number of benzene rings is 1. The Balaban J connectivity index is 1.85. The van der Waals surface area contributed by atoms with E-state index in [2.05, 4.69) is 20.9 Å². The van der Waals surface area contributed by atoms with Gasteiger partial charge in [-0.15, -0.1) is 0 Å². The van der Waals surface area contributed by atoms with Gasteiger partial charge in [-0.3, -0.25) is 4.79 Å². The minimum atomic E-state index is -0.780. The second kappa shape index (κ2) is 12.5. The van der Waals surface area contributed by atoms with Gasteiger partial charge in [0, 0.05) is 36.6 Å². The van der Waals surface area contributed by atoms with E-state index in [1.807, 2.05) is 51.2 Å². The molecule has 0 unspecified atom stereocenters. The number of carbonyl (C=O) groups excluding carboxylic acids is 3. The molecule has 35 heavy (non-hydrogen) atoms. The van der Waals surface area contributed by atoms with Crippen LogP contribution in [0.3, 0.4) is 0 Å². The van der Waals surface area contributed by atoms with E-state index in [4.69, 9.17) is 9.47 Å². The second-order valence-corrected chi connectivity index (χ2v) is 10.5. The highest BCUT2D eigenvalue weighted by Crippen LogP contribution is 2.19. The third kappa shape index (κ3) is 10.7. The van der Waals surface area contributed by atoms with Gasteiger partial charge in [0.1, 0.15) is 17.2 Å². The summed E-state index contributed by atoms with van der Waals surface area (Å²) in [4.78, 5) is 40.2. The standard InChI is InChI=1S/C26H40N4O5/c1-25(2,3)34-23(32)28-15-11-7-10-14-27-22(31)21(30-24(33)35-26(4,5)6)16-18-17-29-20-13-9-8-12-19(18)20/h8-9,12-13,17,21,29H,7,10-11,14-16H2,1-6H3,(H,27,31)(H,28,32)(H,30,33)/t21-/m1/s1. The zero-order valence-electron chi connectivity index (χ0n) is 21.7.